The van der Waals surface area contributed by atoms with Crippen molar-refractivity contribution in [3.8, 4) is 0 Å². The van der Waals surface area contributed by atoms with Crippen LogP contribution < -0.4 is 5.73 Å². The number of aromatic nitrogens is 2. The zero-order valence-corrected chi connectivity index (χ0v) is 8.30. The molecule has 1 aromatic rings. The Kier molecular flexibility index (Phi) is 2.51. The molecule has 0 aromatic carbocycles. The Morgan fingerprint density at radius 2 is 2.08 bits per heavy atom. The Balaban J connectivity index is 3.03. The number of hydrogen-bond donors (Lipinski definition) is 1. The first-order valence-corrected chi connectivity index (χ1v) is 5.70. The summed E-state index contributed by atoms with van der Waals surface area (Å²) in [6.07, 6.45) is 1.13. The Morgan fingerprint density at radius 3 is 2.54 bits per heavy atom. The van der Waals surface area contributed by atoms with Gasteiger partial charge in [0.2, 0.25) is 0 Å². The van der Waals surface area contributed by atoms with Gasteiger partial charge in [-0.2, -0.15) is 0 Å². The summed E-state index contributed by atoms with van der Waals surface area (Å²) in [4.78, 5) is 7.76. The van der Waals surface area contributed by atoms with E-state index in [4.69, 9.17) is 5.73 Å². The molecule has 0 saturated heterocycles. The summed E-state index contributed by atoms with van der Waals surface area (Å²) in [5.74, 6) is 0.380. The van der Waals surface area contributed by atoms with Gasteiger partial charge in [0.15, 0.2) is 9.84 Å². The number of aryl methyl sites for hydroxylation is 1. The quantitative estimate of drug-likeness (QED) is 0.722. The van der Waals surface area contributed by atoms with Gasteiger partial charge in [0.05, 0.1) is 0 Å². The molecule has 0 atom stereocenters. The SMILES string of the molecule is Cc1cc(N)nc(CS(C)(=O)=O)n1. The molecule has 0 aliphatic carbocycles. The van der Waals surface area contributed by atoms with Crippen LogP contribution in [0.4, 0.5) is 5.82 Å². The monoisotopic (exact) mass is 201 g/mol. The molecule has 0 unspecified atom stereocenters. The third kappa shape index (κ3) is 3.37. The molecule has 2 N–H and O–H groups in total. The van der Waals surface area contributed by atoms with Gasteiger partial charge in [0, 0.05) is 18.0 Å². The van der Waals surface area contributed by atoms with Crippen molar-refractivity contribution in [2.24, 2.45) is 0 Å². The van der Waals surface area contributed by atoms with Crippen LogP contribution in [-0.2, 0) is 15.6 Å². The molecule has 0 aliphatic heterocycles. The van der Waals surface area contributed by atoms with Crippen molar-refractivity contribution >= 4 is 15.7 Å². The molecule has 6 heteroatoms. The van der Waals surface area contributed by atoms with Crippen molar-refractivity contribution in [3.05, 3.63) is 17.6 Å². The summed E-state index contributed by atoms with van der Waals surface area (Å²) in [6.45, 7) is 1.74. The Hall–Kier alpha value is -1.17. The van der Waals surface area contributed by atoms with E-state index in [0.717, 1.165) is 6.26 Å². The van der Waals surface area contributed by atoms with E-state index in [1.54, 1.807) is 13.0 Å². The van der Waals surface area contributed by atoms with Crippen LogP contribution in [0.15, 0.2) is 6.07 Å². The van der Waals surface area contributed by atoms with E-state index in [-0.39, 0.29) is 11.6 Å². The molecule has 5 nitrogen and oxygen atoms in total. The number of nitrogens with two attached hydrogens (primary N) is 1. The maximum atomic E-state index is 10.9. The van der Waals surface area contributed by atoms with E-state index in [1.165, 1.54) is 0 Å². The molecule has 1 rings (SSSR count). The van der Waals surface area contributed by atoms with E-state index in [1.807, 2.05) is 0 Å². The molecule has 0 fully saturated rings. The van der Waals surface area contributed by atoms with Crippen LogP contribution >= 0.6 is 0 Å². The summed E-state index contributed by atoms with van der Waals surface area (Å²) >= 11 is 0. The van der Waals surface area contributed by atoms with Crippen molar-refractivity contribution < 1.29 is 8.42 Å². The Labute approximate surface area is 76.9 Å². The Morgan fingerprint density at radius 1 is 1.46 bits per heavy atom. The average molecular weight is 201 g/mol. The van der Waals surface area contributed by atoms with Crippen LogP contribution in [0.3, 0.4) is 0 Å². The summed E-state index contributed by atoms with van der Waals surface area (Å²) in [7, 11) is -3.09. The number of anilines is 1. The third-order valence-electron chi connectivity index (χ3n) is 1.31. The van der Waals surface area contributed by atoms with Crippen LogP contribution in [0.1, 0.15) is 11.5 Å². The fraction of sp³-hybridized carbons (Fsp3) is 0.429. The predicted octanol–water partition coefficient (Wildman–Crippen LogP) is -0.0882. The first-order chi connectivity index (χ1) is 5.87. The summed E-state index contributed by atoms with van der Waals surface area (Å²) in [5, 5.41) is 0. The molecular formula is C7H11N3O2S. The summed E-state index contributed by atoms with van der Waals surface area (Å²) < 4.78 is 21.8. The van der Waals surface area contributed by atoms with Gasteiger partial charge >= 0.3 is 0 Å². The fourth-order valence-electron chi connectivity index (χ4n) is 0.955. The molecule has 0 radical (unpaired) electrons. The fourth-order valence-corrected chi connectivity index (χ4v) is 1.55. The van der Waals surface area contributed by atoms with Gasteiger partial charge in [0.25, 0.3) is 0 Å². The molecule has 72 valence electrons. The zero-order chi connectivity index (χ0) is 10.1. The van der Waals surface area contributed by atoms with E-state index in [0.29, 0.717) is 11.5 Å². The lowest BCUT2D eigenvalue weighted by atomic mass is 10.4. The van der Waals surface area contributed by atoms with Crippen molar-refractivity contribution in [2.45, 2.75) is 12.7 Å². The van der Waals surface area contributed by atoms with Crippen molar-refractivity contribution in [3.63, 3.8) is 0 Å². The van der Waals surface area contributed by atoms with Crippen LogP contribution in [-0.4, -0.2) is 24.6 Å². The lowest BCUT2D eigenvalue weighted by Gasteiger charge is -2.00. The molecular weight excluding hydrogens is 190 g/mol. The van der Waals surface area contributed by atoms with E-state index >= 15 is 0 Å². The summed E-state index contributed by atoms with van der Waals surface area (Å²) in [5.41, 5.74) is 6.10. The molecule has 0 amide bonds. The van der Waals surface area contributed by atoms with Crippen LogP contribution in [0.5, 0.6) is 0 Å². The Bertz CT molecular complexity index is 393. The highest BCUT2D eigenvalue weighted by molar-refractivity contribution is 7.89. The first kappa shape index (κ1) is 9.91. The third-order valence-corrected chi connectivity index (χ3v) is 2.09. The van der Waals surface area contributed by atoms with Crippen molar-refractivity contribution in [2.75, 3.05) is 12.0 Å². The van der Waals surface area contributed by atoms with Gasteiger partial charge < -0.3 is 5.73 Å². The molecule has 0 bridgehead atoms. The van der Waals surface area contributed by atoms with Crippen LogP contribution in [0.25, 0.3) is 0 Å². The highest BCUT2D eigenvalue weighted by atomic mass is 32.2. The molecule has 0 aliphatic rings. The highest BCUT2D eigenvalue weighted by Gasteiger charge is 2.07. The van der Waals surface area contributed by atoms with Gasteiger partial charge in [-0.15, -0.1) is 0 Å². The minimum atomic E-state index is -3.09. The second-order valence-corrected chi connectivity index (χ2v) is 5.06. The minimum absolute atomic E-state index is 0.168. The number of rotatable bonds is 2. The number of nitrogen functional groups attached to an aromatic ring is 1. The molecule has 0 spiro atoms. The molecule has 0 saturated carbocycles. The zero-order valence-electron chi connectivity index (χ0n) is 7.48. The number of hydrogen-bond acceptors (Lipinski definition) is 5. The minimum Gasteiger partial charge on any atom is -0.384 e. The topological polar surface area (TPSA) is 85.9 Å². The second kappa shape index (κ2) is 3.29. The summed E-state index contributed by atoms with van der Waals surface area (Å²) in [6, 6.07) is 1.59. The van der Waals surface area contributed by atoms with E-state index in [9.17, 15) is 8.42 Å². The van der Waals surface area contributed by atoms with Gasteiger partial charge in [0.1, 0.15) is 17.4 Å². The van der Waals surface area contributed by atoms with Crippen molar-refractivity contribution in [1.29, 1.82) is 0 Å². The maximum absolute atomic E-state index is 10.9. The number of nitrogens with zero attached hydrogens (tertiary/aromatic N) is 2. The lowest BCUT2D eigenvalue weighted by Crippen LogP contribution is -2.07. The molecule has 13 heavy (non-hydrogen) atoms. The predicted molar refractivity (Wildman–Crippen MR) is 49.7 cm³/mol. The van der Waals surface area contributed by atoms with Gasteiger partial charge in [-0.1, -0.05) is 0 Å². The number of sulfone groups is 1. The van der Waals surface area contributed by atoms with Crippen LogP contribution in [0, 0.1) is 6.92 Å². The van der Waals surface area contributed by atoms with Gasteiger partial charge in [-0.3, -0.25) is 0 Å². The van der Waals surface area contributed by atoms with E-state index in [2.05, 4.69) is 9.97 Å². The van der Waals surface area contributed by atoms with E-state index < -0.39 is 9.84 Å². The molecule has 1 aromatic heterocycles. The van der Waals surface area contributed by atoms with Gasteiger partial charge in [-0.05, 0) is 6.92 Å². The second-order valence-electron chi connectivity index (χ2n) is 2.92. The first-order valence-electron chi connectivity index (χ1n) is 3.64. The maximum Gasteiger partial charge on any atom is 0.154 e. The standard InChI is InChI=1S/C7H11N3O2S/c1-5-3-6(8)10-7(9-5)4-13(2,11)12/h3H,4H2,1-2H3,(H2,8,9,10). The normalized spacial score (nSPS) is 11.5. The van der Waals surface area contributed by atoms with Gasteiger partial charge in [-0.25, -0.2) is 18.4 Å². The lowest BCUT2D eigenvalue weighted by molar-refractivity contribution is 0.599. The highest BCUT2D eigenvalue weighted by Crippen LogP contribution is 2.04. The van der Waals surface area contributed by atoms with Crippen LogP contribution in [0.2, 0.25) is 0 Å². The molecule has 1 heterocycles. The van der Waals surface area contributed by atoms with Crippen molar-refractivity contribution in [1.82, 2.24) is 9.97 Å². The average Bonchev–Trinajstić information content (AvgIpc) is 1.78. The smallest absolute Gasteiger partial charge is 0.154 e. The largest absolute Gasteiger partial charge is 0.384 e.